The van der Waals surface area contributed by atoms with Crippen molar-refractivity contribution < 1.29 is 14.7 Å². The van der Waals surface area contributed by atoms with E-state index in [9.17, 15) is 9.59 Å². The minimum Gasteiger partial charge on any atom is -0.481 e. The largest absolute Gasteiger partial charge is 0.481 e. The number of nitrogens with one attached hydrogen (secondary N) is 1. The molecule has 2 aliphatic rings. The number of carbonyl (C=O) groups excluding carboxylic acids is 1. The topological polar surface area (TPSA) is 66.4 Å². The van der Waals surface area contributed by atoms with E-state index >= 15 is 0 Å². The Morgan fingerprint density at radius 3 is 2.19 bits per heavy atom. The lowest BCUT2D eigenvalue weighted by Crippen LogP contribution is -2.55. The average Bonchev–Trinajstić information content (AvgIpc) is 2.33. The molecule has 5 heteroatoms. The molecule has 2 unspecified atom stereocenters. The first-order valence-corrected chi connectivity index (χ1v) is 8.12. The third kappa shape index (κ3) is 2.59. The van der Waals surface area contributed by atoms with Crippen LogP contribution in [0.1, 0.15) is 37.7 Å². The molecule has 0 saturated heterocycles. The molecule has 3 rings (SSSR count). The van der Waals surface area contributed by atoms with Crippen molar-refractivity contribution in [1.82, 2.24) is 5.32 Å². The summed E-state index contributed by atoms with van der Waals surface area (Å²) < 4.78 is 1.01. The van der Waals surface area contributed by atoms with Crippen molar-refractivity contribution in [2.24, 2.45) is 11.8 Å². The van der Waals surface area contributed by atoms with E-state index in [-0.39, 0.29) is 17.4 Å². The molecule has 1 amide bonds. The number of amides is 1. The number of carbonyl (C=O) groups is 2. The number of carboxylic acid groups (broad SMARTS) is 1. The van der Waals surface area contributed by atoms with E-state index in [0.717, 1.165) is 29.3 Å². The Kier molecular flexibility index (Phi) is 3.78. The molecule has 0 aliphatic heterocycles. The predicted octanol–water partition coefficient (Wildman–Crippen LogP) is 3.06. The maximum absolute atomic E-state index is 12.4. The molecule has 1 aromatic carbocycles. The Morgan fingerprint density at radius 1 is 1.14 bits per heavy atom. The van der Waals surface area contributed by atoms with Gasteiger partial charge >= 0.3 is 5.97 Å². The maximum atomic E-state index is 12.4. The SMILES string of the molecule is O=C(O)C1CCC1C(=O)NC1(c2ccc(Br)cc2)CCC1. The molecule has 2 fully saturated rings. The van der Waals surface area contributed by atoms with Crippen LogP contribution >= 0.6 is 15.9 Å². The quantitative estimate of drug-likeness (QED) is 0.875. The second kappa shape index (κ2) is 5.44. The molecule has 1 aromatic rings. The highest BCUT2D eigenvalue weighted by Crippen LogP contribution is 2.43. The van der Waals surface area contributed by atoms with E-state index in [4.69, 9.17) is 5.11 Å². The van der Waals surface area contributed by atoms with Gasteiger partial charge in [-0.25, -0.2) is 0 Å². The summed E-state index contributed by atoms with van der Waals surface area (Å²) in [6.45, 7) is 0. The van der Waals surface area contributed by atoms with Crippen molar-refractivity contribution >= 4 is 27.8 Å². The zero-order valence-electron chi connectivity index (χ0n) is 11.6. The molecule has 0 heterocycles. The van der Waals surface area contributed by atoms with Crippen LogP contribution < -0.4 is 5.32 Å². The predicted molar refractivity (Wildman–Crippen MR) is 81.7 cm³/mol. The van der Waals surface area contributed by atoms with Gasteiger partial charge in [0.15, 0.2) is 0 Å². The molecule has 2 saturated carbocycles. The highest BCUT2D eigenvalue weighted by Gasteiger charge is 2.46. The summed E-state index contributed by atoms with van der Waals surface area (Å²) >= 11 is 3.42. The average molecular weight is 352 g/mol. The third-order valence-electron chi connectivity index (χ3n) is 4.89. The molecule has 21 heavy (non-hydrogen) atoms. The fourth-order valence-electron chi connectivity index (χ4n) is 3.22. The van der Waals surface area contributed by atoms with Gasteiger partial charge in [0.05, 0.1) is 17.4 Å². The summed E-state index contributed by atoms with van der Waals surface area (Å²) in [6.07, 6.45) is 4.22. The first-order chi connectivity index (χ1) is 10.0. The van der Waals surface area contributed by atoms with Crippen LogP contribution in [0.25, 0.3) is 0 Å². The summed E-state index contributed by atoms with van der Waals surface area (Å²) in [5, 5.41) is 12.2. The van der Waals surface area contributed by atoms with Crippen LogP contribution in [0.2, 0.25) is 0 Å². The monoisotopic (exact) mass is 351 g/mol. The molecule has 4 nitrogen and oxygen atoms in total. The van der Waals surface area contributed by atoms with Gasteiger partial charge in [-0.05, 0) is 49.8 Å². The lowest BCUT2D eigenvalue weighted by molar-refractivity contribution is -0.153. The fourth-order valence-corrected chi connectivity index (χ4v) is 3.49. The van der Waals surface area contributed by atoms with Gasteiger partial charge in [-0.2, -0.15) is 0 Å². The second-order valence-corrected chi connectivity index (χ2v) is 6.98. The van der Waals surface area contributed by atoms with Crippen molar-refractivity contribution in [3.63, 3.8) is 0 Å². The van der Waals surface area contributed by atoms with Gasteiger partial charge in [0.2, 0.25) is 5.91 Å². The number of hydrogen-bond acceptors (Lipinski definition) is 2. The normalized spacial score (nSPS) is 26.3. The van der Waals surface area contributed by atoms with Crippen molar-refractivity contribution in [3.05, 3.63) is 34.3 Å². The summed E-state index contributed by atoms with van der Waals surface area (Å²) in [4.78, 5) is 23.5. The smallest absolute Gasteiger partial charge is 0.307 e. The second-order valence-electron chi connectivity index (χ2n) is 6.06. The number of rotatable bonds is 4. The van der Waals surface area contributed by atoms with Crippen LogP contribution in [0.3, 0.4) is 0 Å². The fraction of sp³-hybridized carbons (Fsp3) is 0.500. The molecule has 0 aromatic heterocycles. The Bertz CT molecular complexity index is 565. The van der Waals surface area contributed by atoms with Gasteiger partial charge in [0, 0.05) is 4.47 Å². The molecule has 112 valence electrons. The number of carboxylic acids is 1. The summed E-state index contributed by atoms with van der Waals surface area (Å²) in [6, 6.07) is 8.01. The van der Waals surface area contributed by atoms with E-state index in [0.29, 0.717) is 12.8 Å². The standard InChI is InChI=1S/C16H18BrNO3/c17-11-4-2-10(3-5-11)16(8-1-9-16)18-14(19)12-6-7-13(12)15(20)21/h2-5,12-13H,1,6-9H2,(H,18,19)(H,20,21). The number of aliphatic carboxylic acids is 1. The number of benzene rings is 1. The Morgan fingerprint density at radius 2 is 1.76 bits per heavy atom. The van der Waals surface area contributed by atoms with Crippen molar-refractivity contribution in [2.45, 2.75) is 37.6 Å². The van der Waals surface area contributed by atoms with E-state index < -0.39 is 11.9 Å². The van der Waals surface area contributed by atoms with Gasteiger partial charge in [-0.3, -0.25) is 9.59 Å². The van der Waals surface area contributed by atoms with E-state index in [1.807, 2.05) is 24.3 Å². The number of halogens is 1. The van der Waals surface area contributed by atoms with E-state index in [2.05, 4.69) is 21.2 Å². The zero-order chi connectivity index (χ0) is 15.0. The van der Waals surface area contributed by atoms with Crippen LogP contribution in [-0.2, 0) is 15.1 Å². The summed E-state index contributed by atoms with van der Waals surface area (Å²) in [7, 11) is 0. The highest BCUT2D eigenvalue weighted by molar-refractivity contribution is 9.10. The molecule has 2 aliphatic carbocycles. The lowest BCUT2D eigenvalue weighted by Gasteiger charge is -2.45. The molecular weight excluding hydrogens is 334 g/mol. The minimum absolute atomic E-state index is 0.101. The zero-order valence-corrected chi connectivity index (χ0v) is 13.2. The summed E-state index contributed by atoms with van der Waals surface area (Å²) in [5.41, 5.74) is 0.813. The van der Waals surface area contributed by atoms with E-state index in [1.165, 1.54) is 0 Å². The molecule has 0 bridgehead atoms. The van der Waals surface area contributed by atoms with Crippen molar-refractivity contribution in [3.8, 4) is 0 Å². The van der Waals surface area contributed by atoms with E-state index in [1.54, 1.807) is 0 Å². The first-order valence-electron chi connectivity index (χ1n) is 7.33. The highest BCUT2D eigenvalue weighted by atomic mass is 79.9. The third-order valence-corrected chi connectivity index (χ3v) is 5.42. The molecule has 0 spiro atoms. The Hall–Kier alpha value is -1.36. The maximum Gasteiger partial charge on any atom is 0.307 e. The summed E-state index contributed by atoms with van der Waals surface area (Å²) in [5.74, 6) is -1.83. The van der Waals surface area contributed by atoms with Crippen LogP contribution in [0.15, 0.2) is 28.7 Å². The van der Waals surface area contributed by atoms with Gasteiger partial charge < -0.3 is 10.4 Å². The number of hydrogen-bond donors (Lipinski definition) is 2. The van der Waals surface area contributed by atoms with Crippen molar-refractivity contribution in [1.29, 1.82) is 0 Å². The Balaban J connectivity index is 1.74. The Labute approximate surface area is 132 Å². The van der Waals surface area contributed by atoms with Gasteiger partial charge in [-0.1, -0.05) is 28.1 Å². The lowest BCUT2D eigenvalue weighted by atomic mass is 9.69. The van der Waals surface area contributed by atoms with Crippen LogP contribution in [0, 0.1) is 11.8 Å². The van der Waals surface area contributed by atoms with Gasteiger partial charge in [-0.15, -0.1) is 0 Å². The van der Waals surface area contributed by atoms with Crippen LogP contribution in [0.5, 0.6) is 0 Å². The van der Waals surface area contributed by atoms with Crippen molar-refractivity contribution in [2.75, 3.05) is 0 Å². The molecular formula is C16H18BrNO3. The molecule has 0 radical (unpaired) electrons. The first kappa shape index (κ1) is 14.6. The van der Waals surface area contributed by atoms with Gasteiger partial charge in [0.25, 0.3) is 0 Å². The molecule has 2 atom stereocenters. The molecule has 2 N–H and O–H groups in total. The van der Waals surface area contributed by atoms with Crippen LogP contribution in [0.4, 0.5) is 0 Å². The van der Waals surface area contributed by atoms with Gasteiger partial charge in [0.1, 0.15) is 0 Å². The van der Waals surface area contributed by atoms with Crippen LogP contribution in [-0.4, -0.2) is 17.0 Å². The minimum atomic E-state index is -0.854.